The van der Waals surface area contributed by atoms with Crippen molar-refractivity contribution in [1.29, 1.82) is 0 Å². The number of rotatable bonds is 4. The van der Waals surface area contributed by atoms with Crippen LogP contribution >= 0.6 is 11.6 Å². The van der Waals surface area contributed by atoms with E-state index in [9.17, 15) is 4.79 Å². The Labute approximate surface area is 195 Å². The smallest absolute Gasteiger partial charge is 0.272 e. The molecular weight excluding hydrogens is 420 g/mol. The Kier molecular flexibility index (Phi) is 6.40. The highest BCUT2D eigenvalue weighted by atomic mass is 35.5. The van der Waals surface area contributed by atoms with Crippen molar-refractivity contribution in [1.82, 2.24) is 19.6 Å². The Morgan fingerprint density at radius 1 is 0.938 bits per heavy atom. The molecule has 0 saturated carbocycles. The van der Waals surface area contributed by atoms with E-state index in [1.165, 1.54) is 11.1 Å². The van der Waals surface area contributed by atoms with Gasteiger partial charge in [-0.1, -0.05) is 54.1 Å². The topological polar surface area (TPSA) is 41.4 Å². The molecule has 4 rings (SSSR count). The first-order chi connectivity index (χ1) is 15.2. The van der Waals surface area contributed by atoms with Crippen molar-refractivity contribution in [2.24, 2.45) is 0 Å². The van der Waals surface area contributed by atoms with Gasteiger partial charge in [-0.05, 0) is 57.0 Å². The standard InChI is InChI=1S/C26H31ClN4O/c1-19-18-23(31(28-19)26(2,3)4)25(32)30-16-14-29(15-17-30)24(20-8-6-5-7-9-20)21-10-12-22(27)13-11-21/h5-13,18,24H,14-17H2,1-4H3. The number of carbonyl (C=O) groups excluding carboxylic acids is 1. The van der Waals surface area contributed by atoms with Gasteiger partial charge >= 0.3 is 0 Å². The van der Waals surface area contributed by atoms with Gasteiger partial charge in [0.2, 0.25) is 0 Å². The molecule has 0 aliphatic carbocycles. The summed E-state index contributed by atoms with van der Waals surface area (Å²) in [4.78, 5) is 17.8. The summed E-state index contributed by atoms with van der Waals surface area (Å²) in [5, 5.41) is 5.31. The van der Waals surface area contributed by atoms with Crippen molar-refractivity contribution >= 4 is 17.5 Å². The summed E-state index contributed by atoms with van der Waals surface area (Å²) in [7, 11) is 0. The number of carbonyl (C=O) groups is 1. The average Bonchev–Trinajstić information content (AvgIpc) is 3.18. The third-order valence-corrected chi connectivity index (χ3v) is 6.21. The predicted octanol–water partition coefficient (Wildman–Crippen LogP) is 5.15. The number of aryl methyl sites for hydroxylation is 1. The van der Waals surface area contributed by atoms with Crippen LogP contribution in [0.5, 0.6) is 0 Å². The molecule has 1 unspecified atom stereocenters. The van der Waals surface area contributed by atoms with E-state index in [2.05, 4.69) is 67.2 Å². The van der Waals surface area contributed by atoms with E-state index < -0.39 is 0 Å². The zero-order valence-corrected chi connectivity index (χ0v) is 20.0. The van der Waals surface area contributed by atoms with Crippen LogP contribution in [-0.2, 0) is 5.54 Å². The molecule has 1 saturated heterocycles. The van der Waals surface area contributed by atoms with E-state index in [0.29, 0.717) is 18.8 Å². The van der Waals surface area contributed by atoms with Gasteiger partial charge in [0.25, 0.3) is 5.91 Å². The fourth-order valence-corrected chi connectivity index (χ4v) is 4.53. The maximum absolute atomic E-state index is 13.4. The maximum Gasteiger partial charge on any atom is 0.272 e. The van der Waals surface area contributed by atoms with Crippen molar-refractivity contribution < 1.29 is 4.79 Å². The summed E-state index contributed by atoms with van der Waals surface area (Å²) in [6.45, 7) is 11.1. The highest BCUT2D eigenvalue weighted by Gasteiger charge is 2.31. The molecule has 3 aromatic rings. The molecule has 2 heterocycles. The van der Waals surface area contributed by atoms with Crippen LogP contribution in [0.25, 0.3) is 0 Å². The molecule has 32 heavy (non-hydrogen) atoms. The number of hydrogen-bond donors (Lipinski definition) is 0. The van der Waals surface area contributed by atoms with Crippen LogP contribution in [-0.4, -0.2) is 51.7 Å². The summed E-state index contributed by atoms with van der Waals surface area (Å²) in [5.41, 5.74) is 3.75. The highest BCUT2D eigenvalue weighted by Crippen LogP contribution is 2.31. The Hall–Kier alpha value is -2.63. The summed E-state index contributed by atoms with van der Waals surface area (Å²) < 4.78 is 1.86. The van der Waals surface area contributed by atoms with Crippen LogP contribution in [0.15, 0.2) is 60.7 Å². The zero-order chi connectivity index (χ0) is 22.9. The Balaban J connectivity index is 1.54. The second-order valence-corrected chi connectivity index (χ2v) is 9.88. The second kappa shape index (κ2) is 9.08. The van der Waals surface area contributed by atoms with Crippen molar-refractivity contribution in [2.75, 3.05) is 26.2 Å². The fourth-order valence-electron chi connectivity index (χ4n) is 4.40. The fraction of sp³-hybridized carbons (Fsp3) is 0.385. The van der Waals surface area contributed by atoms with Crippen molar-refractivity contribution in [2.45, 2.75) is 39.3 Å². The highest BCUT2D eigenvalue weighted by molar-refractivity contribution is 6.30. The lowest BCUT2D eigenvalue weighted by Gasteiger charge is -2.40. The van der Waals surface area contributed by atoms with E-state index in [4.69, 9.17) is 11.6 Å². The van der Waals surface area contributed by atoms with Gasteiger partial charge in [0.1, 0.15) is 5.69 Å². The van der Waals surface area contributed by atoms with Crippen molar-refractivity contribution in [3.05, 3.63) is 88.2 Å². The Morgan fingerprint density at radius 2 is 1.53 bits per heavy atom. The van der Waals surface area contributed by atoms with Crippen LogP contribution < -0.4 is 0 Å². The summed E-state index contributed by atoms with van der Waals surface area (Å²) >= 11 is 6.14. The normalized spacial score (nSPS) is 16.2. The van der Waals surface area contributed by atoms with E-state index in [0.717, 1.165) is 23.8 Å². The minimum Gasteiger partial charge on any atom is -0.335 e. The molecule has 6 heteroatoms. The molecule has 1 aliphatic heterocycles. The number of nitrogens with zero attached hydrogens (tertiary/aromatic N) is 4. The van der Waals surface area contributed by atoms with E-state index in [1.54, 1.807) is 0 Å². The maximum atomic E-state index is 13.4. The predicted molar refractivity (Wildman–Crippen MR) is 129 cm³/mol. The molecule has 0 spiro atoms. The van der Waals surface area contributed by atoms with Crippen LogP contribution in [0, 0.1) is 6.92 Å². The molecule has 0 bridgehead atoms. The van der Waals surface area contributed by atoms with Gasteiger partial charge in [-0.2, -0.15) is 5.10 Å². The van der Waals surface area contributed by atoms with E-state index in [-0.39, 0.29) is 17.5 Å². The molecule has 1 aliphatic rings. The van der Waals surface area contributed by atoms with Crippen LogP contribution in [0.3, 0.4) is 0 Å². The molecule has 0 N–H and O–H groups in total. The Bertz CT molecular complexity index is 1060. The third-order valence-electron chi connectivity index (χ3n) is 5.95. The van der Waals surface area contributed by atoms with E-state index in [1.807, 2.05) is 40.8 Å². The van der Waals surface area contributed by atoms with Gasteiger partial charge in [0.05, 0.1) is 17.3 Å². The first-order valence-electron chi connectivity index (χ1n) is 11.1. The molecular formula is C26H31ClN4O. The van der Waals surface area contributed by atoms with Crippen LogP contribution in [0.4, 0.5) is 0 Å². The van der Waals surface area contributed by atoms with Gasteiger partial charge in [-0.15, -0.1) is 0 Å². The summed E-state index contributed by atoms with van der Waals surface area (Å²) in [6.07, 6.45) is 0. The first-order valence-corrected chi connectivity index (χ1v) is 11.5. The molecule has 1 fully saturated rings. The second-order valence-electron chi connectivity index (χ2n) is 9.45. The number of amides is 1. The summed E-state index contributed by atoms with van der Waals surface area (Å²) in [5.74, 6) is 0.0583. The number of benzene rings is 2. The molecule has 1 amide bonds. The van der Waals surface area contributed by atoms with Gasteiger partial charge < -0.3 is 4.90 Å². The van der Waals surface area contributed by atoms with Crippen LogP contribution in [0.1, 0.15) is 54.1 Å². The first kappa shape index (κ1) is 22.6. The number of halogens is 1. The van der Waals surface area contributed by atoms with Crippen molar-refractivity contribution in [3.8, 4) is 0 Å². The average molecular weight is 451 g/mol. The number of piperazine rings is 1. The Morgan fingerprint density at radius 3 is 2.12 bits per heavy atom. The van der Waals surface area contributed by atoms with Gasteiger partial charge in [-0.3, -0.25) is 14.4 Å². The minimum atomic E-state index is -0.242. The zero-order valence-electron chi connectivity index (χ0n) is 19.3. The molecule has 0 radical (unpaired) electrons. The molecule has 1 atom stereocenters. The lowest BCUT2D eigenvalue weighted by Crippen LogP contribution is -2.50. The minimum absolute atomic E-state index is 0.0583. The van der Waals surface area contributed by atoms with Gasteiger partial charge in [-0.25, -0.2) is 0 Å². The number of hydrogen-bond acceptors (Lipinski definition) is 3. The van der Waals surface area contributed by atoms with E-state index >= 15 is 0 Å². The van der Waals surface area contributed by atoms with Gasteiger partial charge in [0, 0.05) is 31.2 Å². The lowest BCUT2D eigenvalue weighted by atomic mass is 9.96. The number of aromatic nitrogens is 2. The lowest BCUT2D eigenvalue weighted by molar-refractivity contribution is 0.0578. The van der Waals surface area contributed by atoms with Gasteiger partial charge in [0.15, 0.2) is 0 Å². The monoisotopic (exact) mass is 450 g/mol. The largest absolute Gasteiger partial charge is 0.335 e. The molecule has 168 valence electrons. The SMILES string of the molecule is Cc1cc(C(=O)N2CCN(C(c3ccccc3)c3ccc(Cl)cc3)CC2)n(C(C)(C)C)n1. The van der Waals surface area contributed by atoms with Crippen molar-refractivity contribution in [3.63, 3.8) is 0 Å². The molecule has 1 aromatic heterocycles. The molecule has 5 nitrogen and oxygen atoms in total. The summed E-state index contributed by atoms with van der Waals surface area (Å²) in [6, 6.07) is 20.7. The van der Waals surface area contributed by atoms with Crippen LogP contribution in [0.2, 0.25) is 5.02 Å². The quantitative estimate of drug-likeness (QED) is 0.552. The third kappa shape index (κ3) is 4.74. The molecule has 2 aromatic carbocycles.